The summed E-state index contributed by atoms with van der Waals surface area (Å²) in [6.07, 6.45) is 0.749. The highest BCUT2D eigenvalue weighted by molar-refractivity contribution is 5.83. The molecule has 0 unspecified atom stereocenters. The molecule has 4 aromatic rings. The van der Waals surface area contributed by atoms with E-state index >= 15 is 0 Å². The molecule has 2 aromatic heterocycles. The molecule has 1 amide bonds. The Hall–Kier alpha value is -4.43. The van der Waals surface area contributed by atoms with Crippen LogP contribution in [0.3, 0.4) is 0 Å². The predicted molar refractivity (Wildman–Crippen MR) is 123 cm³/mol. The second kappa shape index (κ2) is 9.08. The van der Waals surface area contributed by atoms with Crippen LogP contribution in [-0.2, 0) is 17.8 Å². The quantitative estimate of drug-likeness (QED) is 0.390. The standard InChI is InChI=1S/C24H20F2N8O/c25-17-6-2-4-14(12-30-18-7-8-29-23(18)35)16(17)9-20-32-21-10-19(31-24(28)34(21)33-20)15-5-1-3-13(11-27)22(15)26/h1-6,10,18,30H,7-9,12H2,(H2,28,31)(H,29,35)/t18-/m0/s1. The number of hydrogen-bond donors (Lipinski definition) is 3. The molecule has 0 bridgehead atoms. The number of halogens is 2. The first-order valence-corrected chi connectivity index (χ1v) is 10.9. The van der Waals surface area contributed by atoms with Crippen molar-refractivity contribution in [2.24, 2.45) is 0 Å². The molecule has 1 atom stereocenters. The van der Waals surface area contributed by atoms with Gasteiger partial charge < -0.3 is 16.4 Å². The maximum Gasteiger partial charge on any atom is 0.237 e. The molecule has 11 heteroatoms. The Morgan fingerprint density at radius 1 is 1.23 bits per heavy atom. The summed E-state index contributed by atoms with van der Waals surface area (Å²) in [4.78, 5) is 20.5. The molecule has 1 aliphatic heterocycles. The van der Waals surface area contributed by atoms with Crippen LogP contribution < -0.4 is 16.4 Å². The number of benzene rings is 2. The molecule has 1 saturated heterocycles. The Morgan fingerprint density at radius 3 is 2.83 bits per heavy atom. The molecule has 9 nitrogen and oxygen atoms in total. The van der Waals surface area contributed by atoms with Gasteiger partial charge in [0.2, 0.25) is 11.9 Å². The van der Waals surface area contributed by atoms with Crippen molar-refractivity contribution in [3.63, 3.8) is 0 Å². The molecule has 176 valence electrons. The van der Waals surface area contributed by atoms with Gasteiger partial charge in [0.05, 0.1) is 17.3 Å². The molecular weight excluding hydrogens is 454 g/mol. The Kier molecular flexibility index (Phi) is 5.80. The van der Waals surface area contributed by atoms with E-state index in [4.69, 9.17) is 11.0 Å². The van der Waals surface area contributed by atoms with Gasteiger partial charge in [-0.25, -0.2) is 18.7 Å². The molecule has 0 radical (unpaired) electrons. The number of aromatic nitrogens is 4. The summed E-state index contributed by atoms with van der Waals surface area (Å²) in [5.74, 6) is -0.917. The van der Waals surface area contributed by atoms with Gasteiger partial charge in [-0.1, -0.05) is 18.2 Å². The van der Waals surface area contributed by atoms with E-state index in [0.29, 0.717) is 42.1 Å². The van der Waals surface area contributed by atoms with Gasteiger partial charge in [-0.05, 0) is 35.7 Å². The highest BCUT2D eigenvalue weighted by Gasteiger charge is 2.24. The lowest BCUT2D eigenvalue weighted by Crippen LogP contribution is -2.35. The summed E-state index contributed by atoms with van der Waals surface area (Å²) in [6.45, 7) is 0.917. The second-order valence-electron chi connectivity index (χ2n) is 8.14. The van der Waals surface area contributed by atoms with Crippen molar-refractivity contribution in [3.8, 4) is 17.3 Å². The number of nitriles is 1. The predicted octanol–water partition coefficient (Wildman–Crippen LogP) is 2.09. The number of nitrogens with zero attached hydrogens (tertiary/aromatic N) is 5. The number of anilines is 1. The number of nitrogen functional groups attached to an aromatic ring is 1. The second-order valence-corrected chi connectivity index (χ2v) is 8.14. The normalized spacial score (nSPS) is 15.3. The summed E-state index contributed by atoms with van der Waals surface area (Å²) in [5, 5.41) is 19.4. The molecule has 3 heterocycles. The average Bonchev–Trinajstić information content (AvgIpc) is 3.45. The number of amides is 1. The van der Waals surface area contributed by atoms with Crippen LogP contribution in [0.5, 0.6) is 0 Å². The molecule has 2 aromatic carbocycles. The molecule has 4 N–H and O–H groups in total. The van der Waals surface area contributed by atoms with E-state index in [1.165, 1.54) is 28.8 Å². The lowest BCUT2D eigenvalue weighted by molar-refractivity contribution is -0.120. The summed E-state index contributed by atoms with van der Waals surface area (Å²) >= 11 is 0. The number of nitrogens with two attached hydrogens (primary N) is 1. The minimum atomic E-state index is -0.703. The minimum absolute atomic E-state index is 0.0271. The smallest absolute Gasteiger partial charge is 0.237 e. The molecule has 1 aliphatic rings. The zero-order valence-corrected chi connectivity index (χ0v) is 18.4. The first kappa shape index (κ1) is 22.4. The van der Waals surface area contributed by atoms with Gasteiger partial charge in [0.15, 0.2) is 11.5 Å². The number of hydrogen-bond acceptors (Lipinski definition) is 7. The van der Waals surface area contributed by atoms with Gasteiger partial charge in [0.1, 0.15) is 17.7 Å². The monoisotopic (exact) mass is 474 g/mol. The fourth-order valence-corrected chi connectivity index (χ4v) is 4.13. The first-order valence-electron chi connectivity index (χ1n) is 10.9. The van der Waals surface area contributed by atoms with Crippen molar-refractivity contribution in [3.05, 3.63) is 76.6 Å². The van der Waals surface area contributed by atoms with E-state index in [2.05, 4.69) is 25.7 Å². The number of rotatable bonds is 6. The van der Waals surface area contributed by atoms with Crippen molar-refractivity contribution in [1.29, 1.82) is 5.26 Å². The van der Waals surface area contributed by atoms with Crippen LogP contribution in [0.4, 0.5) is 14.7 Å². The number of fused-ring (bicyclic) bond motifs is 1. The molecule has 0 saturated carbocycles. The minimum Gasteiger partial charge on any atom is -0.368 e. The van der Waals surface area contributed by atoms with Crippen LogP contribution in [0.1, 0.15) is 28.9 Å². The summed E-state index contributed by atoms with van der Waals surface area (Å²) in [6, 6.07) is 12.2. The van der Waals surface area contributed by atoms with Gasteiger partial charge in [-0.3, -0.25) is 4.79 Å². The fraction of sp³-hybridized carbons (Fsp3) is 0.208. The zero-order chi connectivity index (χ0) is 24.5. The highest BCUT2D eigenvalue weighted by atomic mass is 19.1. The maximum atomic E-state index is 14.8. The van der Waals surface area contributed by atoms with Crippen LogP contribution in [-0.4, -0.2) is 38.1 Å². The van der Waals surface area contributed by atoms with E-state index in [1.54, 1.807) is 24.3 Å². The van der Waals surface area contributed by atoms with Crippen LogP contribution in [0.2, 0.25) is 0 Å². The summed E-state index contributed by atoms with van der Waals surface area (Å²) in [5.41, 5.74) is 7.65. The van der Waals surface area contributed by atoms with E-state index < -0.39 is 11.6 Å². The van der Waals surface area contributed by atoms with E-state index in [1.807, 2.05) is 0 Å². The summed E-state index contributed by atoms with van der Waals surface area (Å²) < 4.78 is 30.7. The fourth-order valence-electron chi connectivity index (χ4n) is 4.13. The van der Waals surface area contributed by atoms with E-state index in [0.717, 1.165) is 0 Å². The lowest BCUT2D eigenvalue weighted by Gasteiger charge is -2.13. The number of carbonyl (C=O) groups is 1. The Labute approximate surface area is 198 Å². The van der Waals surface area contributed by atoms with Gasteiger partial charge in [-0.15, -0.1) is 5.10 Å². The molecule has 1 fully saturated rings. The molecule has 0 spiro atoms. The van der Waals surface area contributed by atoms with E-state index in [9.17, 15) is 13.6 Å². The van der Waals surface area contributed by atoms with Crippen molar-refractivity contribution in [1.82, 2.24) is 30.2 Å². The van der Waals surface area contributed by atoms with Crippen molar-refractivity contribution >= 4 is 17.5 Å². The molecule has 0 aliphatic carbocycles. The average molecular weight is 474 g/mol. The first-order chi connectivity index (χ1) is 16.9. The lowest BCUT2D eigenvalue weighted by atomic mass is 10.0. The summed E-state index contributed by atoms with van der Waals surface area (Å²) in [7, 11) is 0. The molecule has 35 heavy (non-hydrogen) atoms. The van der Waals surface area contributed by atoms with Gasteiger partial charge in [0, 0.05) is 31.1 Å². The van der Waals surface area contributed by atoms with Crippen molar-refractivity contribution in [2.45, 2.75) is 25.4 Å². The number of carbonyl (C=O) groups excluding carboxylic acids is 1. The molecular formula is C24H20F2N8O. The van der Waals surface area contributed by atoms with Crippen LogP contribution >= 0.6 is 0 Å². The largest absolute Gasteiger partial charge is 0.368 e. The number of nitrogens with one attached hydrogen (secondary N) is 2. The van der Waals surface area contributed by atoms with E-state index in [-0.39, 0.29) is 41.1 Å². The third-order valence-corrected chi connectivity index (χ3v) is 5.93. The third-order valence-electron chi connectivity index (χ3n) is 5.93. The van der Waals surface area contributed by atoms with Crippen LogP contribution in [0, 0.1) is 23.0 Å². The Bertz CT molecular complexity index is 1490. The van der Waals surface area contributed by atoms with Crippen LogP contribution in [0.15, 0.2) is 42.5 Å². The molecule has 5 rings (SSSR count). The van der Waals surface area contributed by atoms with Crippen molar-refractivity contribution in [2.75, 3.05) is 12.3 Å². The Balaban J connectivity index is 1.45. The van der Waals surface area contributed by atoms with Gasteiger partial charge in [-0.2, -0.15) is 9.78 Å². The maximum absolute atomic E-state index is 14.8. The Morgan fingerprint density at radius 2 is 2.06 bits per heavy atom. The van der Waals surface area contributed by atoms with Gasteiger partial charge >= 0.3 is 0 Å². The van der Waals surface area contributed by atoms with Crippen LogP contribution in [0.25, 0.3) is 16.9 Å². The highest BCUT2D eigenvalue weighted by Crippen LogP contribution is 2.26. The third kappa shape index (κ3) is 4.27. The zero-order valence-electron chi connectivity index (χ0n) is 18.4. The van der Waals surface area contributed by atoms with Crippen molar-refractivity contribution < 1.29 is 13.6 Å². The SMILES string of the molecule is N#Cc1cccc(-c2cc3nc(Cc4c(F)cccc4CN[C@H]4CCNC4=O)nn3c(N)n2)c1F. The van der Waals surface area contributed by atoms with Gasteiger partial charge in [0.25, 0.3) is 0 Å². The topological polar surface area (TPSA) is 134 Å².